The zero-order valence-electron chi connectivity index (χ0n) is 13.6. The highest BCUT2D eigenvalue weighted by Crippen LogP contribution is 2.18. The SMILES string of the molecule is C=C(C)C[Si](C)(C)CN1CCCCCCCCCC1. The Morgan fingerprint density at radius 2 is 1.32 bits per heavy atom. The summed E-state index contributed by atoms with van der Waals surface area (Å²) in [5.74, 6) is 0. The van der Waals surface area contributed by atoms with Crippen LogP contribution in [0, 0.1) is 0 Å². The molecule has 1 nitrogen and oxygen atoms in total. The van der Waals surface area contributed by atoms with Gasteiger partial charge in [-0.3, -0.25) is 0 Å². The second-order valence-electron chi connectivity index (χ2n) is 7.40. The molecule has 1 aliphatic rings. The van der Waals surface area contributed by atoms with Crippen molar-refractivity contribution in [1.82, 2.24) is 4.90 Å². The molecular weight excluding hydrogens is 246 g/mol. The second kappa shape index (κ2) is 8.96. The Morgan fingerprint density at radius 1 is 0.895 bits per heavy atom. The molecule has 1 fully saturated rings. The van der Waals surface area contributed by atoms with Crippen LogP contribution >= 0.6 is 0 Å². The van der Waals surface area contributed by atoms with Gasteiger partial charge in [-0.15, -0.1) is 6.58 Å². The van der Waals surface area contributed by atoms with Gasteiger partial charge in [0.15, 0.2) is 0 Å². The topological polar surface area (TPSA) is 3.24 Å². The lowest BCUT2D eigenvalue weighted by Crippen LogP contribution is -2.43. The molecule has 0 atom stereocenters. The molecule has 1 rings (SSSR count). The highest BCUT2D eigenvalue weighted by molar-refractivity contribution is 6.78. The third kappa shape index (κ3) is 8.64. The first-order chi connectivity index (χ1) is 8.99. The van der Waals surface area contributed by atoms with E-state index in [1.807, 2.05) is 0 Å². The van der Waals surface area contributed by atoms with Crippen molar-refractivity contribution in [3.63, 3.8) is 0 Å². The Morgan fingerprint density at radius 3 is 1.74 bits per heavy atom. The van der Waals surface area contributed by atoms with Crippen molar-refractivity contribution in [3.8, 4) is 0 Å². The molecule has 1 saturated heterocycles. The fourth-order valence-electron chi connectivity index (χ4n) is 3.48. The number of hydrogen-bond donors (Lipinski definition) is 0. The smallest absolute Gasteiger partial charge is 0.0669 e. The van der Waals surface area contributed by atoms with Crippen LogP contribution in [0.2, 0.25) is 19.1 Å². The minimum absolute atomic E-state index is 1.11. The summed E-state index contributed by atoms with van der Waals surface area (Å²) in [5, 5.41) is 0. The molecule has 0 aliphatic carbocycles. The van der Waals surface area contributed by atoms with Gasteiger partial charge in [0.2, 0.25) is 0 Å². The van der Waals surface area contributed by atoms with E-state index in [1.165, 1.54) is 82.2 Å². The number of nitrogens with zero attached hydrogens (tertiary/aromatic N) is 1. The Balaban J connectivity index is 2.44. The van der Waals surface area contributed by atoms with Crippen LogP contribution < -0.4 is 0 Å². The molecule has 0 amide bonds. The normalized spacial score (nSPS) is 20.8. The fourth-order valence-corrected chi connectivity index (χ4v) is 6.75. The highest BCUT2D eigenvalue weighted by Gasteiger charge is 2.23. The molecular formula is C17H35NSi. The van der Waals surface area contributed by atoms with E-state index >= 15 is 0 Å². The largest absolute Gasteiger partial charge is 0.306 e. The second-order valence-corrected chi connectivity index (χ2v) is 12.4. The minimum Gasteiger partial charge on any atom is -0.306 e. The standard InChI is InChI=1S/C17H35NSi/c1-17(2)15-19(3,4)16-18-13-11-9-7-5-6-8-10-12-14-18/h1,5-16H2,2-4H3. The summed E-state index contributed by atoms with van der Waals surface area (Å²) >= 11 is 0. The van der Waals surface area contributed by atoms with Gasteiger partial charge in [-0.25, -0.2) is 0 Å². The summed E-state index contributed by atoms with van der Waals surface area (Å²) in [6, 6.07) is 1.30. The third-order valence-electron chi connectivity index (χ3n) is 4.13. The molecule has 0 spiro atoms. The average Bonchev–Trinajstić information content (AvgIpc) is 2.33. The van der Waals surface area contributed by atoms with Gasteiger partial charge in [-0.2, -0.15) is 0 Å². The van der Waals surface area contributed by atoms with Gasteiger partial charge in [0.05, 0.1) is 8.07 Å². The predicted octanol–water partition coefficient (Wildman–Crippen LogP) is 5.25. The zero-order valence-corrected chi connectivity index (χ0v) is 14.6. The molecule has 112 valence electrons. The van der Waals surface area contributed by atoms with Crippen LogP contribution in [0.3, 0.4) is 0 Å². The van der Waals surface area contributed by atoms with Gasteiger partial charge in [-0.05, 0) is 45.1 Å². The lowest BCUT2D eigenvalue weighted by Gasteiger charge is -2.31. The number of allylic oxidation sites excluding steroid dienone is 1. The summed E-state index contributed by atoms with van der Waals surface area (Å²) in [5.41, 5.74) is 1.38. The van der Waals surface area contributed by atoms with Crippen LogP contribution in [0.5, 0.6) is 0 Å². The van der Waals surface area contributed by atoms with Gasteiger partial charge in [-0.1, -0.05) is 57.2 Å². The Kier molecular flexibility index (Phi) is 8.01. The van der Waals surface area contributed by atoms with Crippen molar-refractivity contribution in [3.05, 3.63) is 12.2 Å². The summed E-state index contributed by atoms with van der Waals surface area (Å²) in [4.78, 5) is 2.78. The number of rotatable bonds is 4. The molecule has 0 aromatic heterocycles. The van der Waals surface area contributed by atoms with Crippen molar-refractivity contribution in [2.24, 2.45) is 0 Å². The third-order valence-corrected chi connectivity index (χ3v) is 6.99. The fraction of sp³-hybridized carbons (Fsp3) is 0.882. The summed E-state index contributed by atoms with van der Waals surface area (Å²) in [7, 11) is -1.11. The van der Waals surface area contributed by atoms with E-state index in [9.17, 15) is 0 Å². The van der Waals surface area contributed by atoms with Crippen molar-refractivity contribution in [1.29, 1.82) is 0 Å². The van der Waals surface area contributed by atoms with E-state index in [2.05, 4.69) is 31.5 Å². The molecule has 0 N–H and O–H groups in total. The van der Waals surface area contributed by atoms with Crippen molar-refractivity contribution in [2.45, 2.75) is 77.4 Å². The van der Waals surface area contributed by atoms with Crippen molar-refractivity contribution in [2.75, 3.05) is 19.3 Å². The van der Waals surface area contributed by atoms with Gasteiger partial charge in [0.1, 0.15) is 0 Å². The van der Waals surface area contributed by atoms with Crippen LogP contribution in [-0.4, -0.2) is 32.2 Å². The molecule has 0 unspecified atom stereocenters. The van der Waals surface area contributed by atoms with Crippen LogP contribution in [0.4, 0.5) is 0 Å². The monoisotopic (exact) mass is 281 g/mol. The maximum atomic E-state index is 4.12. The molecule has 0 bridgehead atoms. The molecule has 1 aliphatic heterocycles. The maximum Gasteiger partial charge on any atom is 0.0669 e. The Hall–Kier alpha value is -0.0831. The van der Waals surface area contributed by atoms with E-state index in [0.29, 0.717) is 0 Å². The molecule has 2 heteroatoms. The molecule has 0 aromatic carbocycles. The quantitative estimate of drug-likeness (QED) is 0.503. The van der Waals surface area contributed by atoms with Gasteiger partial charge in [0, 0.05) is 0 Å². The van der Waals surface area contributed by atoms with Gasteiger partial charge >= 0.3 is 0 Å². The zero-order chi connectivity index (χ0) is 14.1. The van der Waals surface area contributed by atoms with Crippen molar-refractivity contribution < 1.29 is 0 Å². The first-order valence-electron chi connectivity index (χ1n) is 8.36. The summed E-state index contributed by atoms with van der Waals surface area (Å²) in [6.45, 7) is 14.1. The lowest BCUT2D eigenvalue weighted by atomic mass is 10.1. The molecule has 0 radical (unpaired) electrons. The first kappa shape index (κ1) is 17.0. The number of hydrogen-bond acceptors (Lipinski definition) is 1. The molecule has 0 saturated carbocycles. The van der Waals surface area contributed by atoms with Crippen LogP contribution in [-0.2, 0) is 0 Å². The van der Waals surface area contributed by atoms with Crippen LogP contribution in [0.25, 0.3) is 0 Å². The van der Waals surface area contributed by atoms with E-state index in [4.69, 9.17) is 0 Å². The maximum absolute atomic E-state index is 4.12. The predicted molar refractivity (Wildman–Crippen MR) is 90.5 cm³/mol. The molecule has 19 heavy (non-hydrogen) atoms. The average molecular weight is 282 g/mol. The first-order valence-corrected chi connectivity index (χ1v) is 11.8. The highest BCUT2D eigenvalue weighted by atomic mass is 28.3. The Bertz CT molecular complexity index is 248. The summed E-state index contributed by atoms with van der Waals surface area (Å²) < 4.78 is 0. The Labute approximate surface area is 122 Å². The molecule has 1 heterocycles. The van der Waals surface area contributed by atoms with Gasteiger partial charge < -0.3 is 4.90 Å². The van der Waals surface area contributed by atoms with E-state index in [1.54, 1.807) is 0 Å². The lowest BCUT2D eigenvalue weighted by molar-refractivity contribution is 0.298. The molecule has 0 aromatic rings. The van der Waals surface area contributed by atoms with Gasteiger partial charge in [0.25, 0.3) is 0 Å². The summed E-state index contributed by atoms with van der Waals surface area (Å²) in [6.07, 6.45) is 12.9. The van der Waals surface area contributed by atoms with E-state index in [0.717, 1.165) is 0 Å². The minimum atomic E-state index is -1.11. The van der Waals surface area contributed by atoms with E-state index in [-0.39, 0.29) is 0 Å². The van der Waals surface area contributed by atoms with Crippen LogP contribution in [0.15, 0.2) is 12.2 Å². The van der Waals surface area contributed by atoms with Crippen LogP contribution in [0.1, 0.15) is 58.3 Å². The van der Waals surface area contributed by atoms with Crippen molar-refractivity contribution >= 4 is 8.07 Å². The van der Waals surface area contributed by atoms with E-state index < -0.39 is 8.07 Å².